The summed E-state index contributed by atoms with van der Waals surface area (Å²) in [5.74, 6) is 1.07. The maximum Gasteiger partial charge on any atom is 0.253 e. The second-order valence-electron chi connectivity index (χ2n) is 8.07. The van der Waals surface area contributed by atoms with Gasteiger partial charge in [0.05, 0.1) is 6.61 Å². The number of aromatic amines is 1. The SMILES string of the molecule is O=C(c1cccc(-c2ncc[nH]2)c1)N1CC2CN(Cc3ccns3)CC2(CO)C1. The number of aliphatic hydroxyl groups excluding tert-OH is 1. The first-order valence-electron chi connectivity index (χ1n) is 9.79. The molecular weight excluding hydrogens is 386 g/mol. The van der Waals surface area contributed by atoms with E-state index in [4.69, 9.17) is 0 Å². The molecule has 2 aromatic heterocycles. The number of H-pyrrole nitrogens is 1. The van der Waals surface area contributed by atoms with E-state index in [-0.39, 0.29) is 23.8 Å². The molecule has 0 radical (unpaired) electrons. The lowest BCUT2D eigenvalue weighted by Crippen LogP contribution is -2.38. The minimum Gasteiger partial charge on any atom is -0.396 e. The van der Waals surface area contributed by atoms with Gasteiger partial charge in [-0.3, -0.25) is 9.69 Å². The molecule has 0 aliphatic carbocycles. The number of likely N-dealkylation sites (tertiary alicyclic amines) is 2. The maximum absolute atomic E-state index is 13.2. The average Bonchev–Trinajstić information content (AvgIpc) is 3.52. The second kappa shape index (κ2) is 7.37. The Balaban J connectivity index is 1.31. The van der Waals surface area contributed by atoms with Crippen molar-refractivity contribution in [3.63, 3.8) is 0 Å². The molecule has 2 aliphatic rings. The number of hydrogen-bond donors (Lipinski definition) is 2. The highest BCUT2D eigenvalue weighted by Gasteiger charge is 2.53. The van der Waals surface area contributed by atoms with Crippen molar-refractivity contribution < 1.29 is 9.90 Å². The van der Waals surface area contributed by atoms with E-state index >= 15 is 0 Å². The van der Waals surface area contributed by atoms with Crippen molar-refractivity contribution in [1.82, 2.24) is 24.1 Å². The third-order valence-corrected chi connectivity index (χ3v) is 6.91. The predicted molar refractivity (Wildman–Crippen MR) is 110 cm³/mol. The van der Waals surface area contributed by atoms with Gasteiger partial charge >= 0.3 is 0 Å². The molecule has 0 bridgehead atoms. The van der Waals surface area contributed by atoms with Crippen LogP contribution in [0.3, 0.4) is 0 Å². The van der Waals surface area contributed by atoms with Gasteiger partial charge in [-0.15, -0.1) is 0 Å². The first-order valence-corrected chi connectivity index (χ1v) is 10.6. The standard InChI is InChI=1S/C21H23N5O2S/c27-14-21-12-25(11-18-4-5-24-29-18)9-17(21)10-26(13-21)20(28)16-3-1-2-15(8-16)19-22-6-7-23-19/h1-8,17,27H,9-14H2,(H,22,23). The Bertz CT molecular complexity index is 990. The highest BCUT2D eigenvalue weighted by molar-refractivity contribution is 7.05. The number of nitrogens with zero attached hydrogens (tertiary/aromatic N) is 4. The number of aromatic nitrogens is 3. The molecule has 8 heteroatoms. The number of carbonyl (C=O) groups is 1. The molecule has 150 valence electrons. The van der Waals surface area contributed by atoms with E-state index in [0.29, 0.717) is 18.7 Å². The van der Waals surface area contributed by atoms with Crippen LogP contribution in [-0.4, -0.2) is 67.9 Å². The normalized spacial score (nSPS) is 24.2. The number of imidazole rings is 1. The molecule has 29 heavy (non-hydrogen) atoms. The summed E-state index contributed by atoms with van der Waals surface area (Å²) >= 11 is 1.52. The van der Waals surface area contributed by atoms with Gasteiger partial charge < -0.3 is 15.0 Å². The van der Waals surface area contributed by atoms with Crippen molar-refractivity contribution in [2.45, 2.75) is 6.54 Å². The second-order valence-corrected chi connectivity index (χ2v) is 8.99. The number of amides is 1. The van der Waals surface area contributed by atoms with E-state index in [2.05, 4.69) is 19.2 Å². The van der Waals surface area contributed by atoms with Crippen LogP contribution in [0.15, 0.2) is 48.9 Å². The van der Waals surface area contributed by atoms with Crippen LogP contribution in [0.5, 0.6) is 0 Å². The molecule has 1 amide bonds. The summed E-state index contributed by atoms with van der Waals surface area (Å²) in [7, 11) is 0. The highest BCUT2D eigenvalue weighted by Crippen LogP contribution is 2.43. The largest absolute Gasteiger partial charge is 0.396 e. The molecule has 2 unspecified atom stereocenters. The fourth-order valence-electron chi connectivity index (χ4n) is 4.74. The van der Waals surface area contributed by atoms with Crippen molar-refractivity contribution in [2.75, 3.05) is 32.8 Å². The Morgan fingerprint density at radius 1 is 1.28 bits per heavy atom. The van der Waals surface area contributed by atoms with Crippen molar-refractivity contribution in [2.24, 2.45) is 11.3 Å². The molecule has 1 aromatic carbocycles. The first kappa shape index (κ1) is 18.5. The number of aliphatic hydroxyl groups is 1. The molecule has 2 atom stereocenters. The molecule has 5 rings (SSSR count). The fraction of sp³-hybridized carbons (Fsp3) is 0.381. The van der Waals surface area contributed by atoms with Gasteiger partial charge in [-0.25, -0.2) is 9.36 Å². The Morgan fingerprint density at radius 2 is 2.21 bits per heavy atom. The molecule has 4 heterocycles. The lowest BCUT2D eigenvalue weighted by molar-refractivity contribution is 0.0719. The number of fused-ring (bicyclic) bond motifs is 1. The van der Waals surface area contributed by atoms with Gasteiger partial charge in [0.1, 0.15) is 5.82 Å². The third kappa shape index (κ3) is 3.37. The van der Waals surface area contributed by atoms with Gasteiger partial charge in [0, 0.05) is 72.7 Å². The Labute approximate surface area is 173 Å². The summed E-state index contributed by atoms with van der Waals surface area (Å²) in [4.78, 5) is 26.1. The van der Waals surface area contributed by atoms with E-state index < -0.39 is 0 Å². The zero-order valence-corrected chi connectivity index (χ0v) is 16.8. The van der Waals surface area contributed by atoms with Crippen LogP contribution in [-0.2, 0) is 6.54 Å². The van der Waals surface area contributed by atoms with Crippen LogP contribution in [0, 0.1) is 11.3 Å². The molecule has 3 aromatic rings. The van der Waals surface area contributed by atoms with Gasteiger partial charge in [-0.05, 0) is 35.6 Å². The number of carbonyl (C=O) groups excluding carboxylic acids is 1. The predicted octanol–water partition coefficient (Wildman–Crippen LogP) is 2.10. The molecule has 2 saturated heterocycles. The zero-order chi connectivity index (χ0) is 19.8. The third-order valence-electron chi connectivity index (χ3n) is 6.18. The quantitative estimate of drug-likeness (QED) is 0.674. The molecule has 0 spiro atoms. The molecule has 0 saturated carbocycles. The van der Waals surface area contributed by atoms with Crippen molar-refractivity contribution in [1.29, 1.82) is 0 Å². The number of rotatable bonds is 5. The van der Waals surface area contributed by atoms with Crippen LogP contribution in [0.1, 0.15) is 15.2 Å². The average molecular weight is 410 g/mol. The van der Waals surface area contributed by atoms with E-state index in [1.54, 1.807) is 12.4 Å². The minimum atomic E-state index is -0.237. The summed E-state index contributed by atoms with van der Waals surface area (Å²) < 4.78 is 4.17. The van der Waals surface area contributed by atoms with Gasteiger partial charge in [0.15, 0.2) is 0 Å². The summed E-state index contributed by atoms with van der Waals surface area (Å²) in [5.41, 5.74) is 1.32. The zero-order valence-electron chi connectivity index (χ0n) is 16.0. The van der Waals surface area contributed by atoms with E-state index in [9.17, 15) is 9.90 Å². The van der Waals surface area contributed by atoms with Crippen molar-refractivity contribution >= 4 is 17.4 Å². The van der Waals surface area contributed by atoms with Gasteiger partial charge in [-0.1, -0.05) is 12.1 Å². The Kier molecular flexibility index (Phi) is 4.69. The molecule has 2 N–H and O–H groups in total. The minimum absolute atomic E-state index is 0.0228. The first-order chi connectivity index (χ1) is 14.2. The van der Waals surface area contributed by atoms with Gasteiger partial charge in [-0.2, -0.15) is 0 Å². The van der Waals surface area contributed by atoms with E-state index in [0.717, 1.165) is 31.0 Å². The van der Waals surface area contributed by atoms with Crippen LogP contribution >= 0.6 is 11.5 Å². The maximum atomic E-state index is 13.2. The lowest BCUT2D eigenvalue weighted by Gasteiger charge is -2.27. The molecule has 2 aliphatic heterocycles. The van der Waals surface area contributed by atoms with Gasteiger partial charge in [0.25, 0.3) is 5.91 Å². The van der Waals surface area contributed by atoms with Crippen molar-refractivity contribution in [3.05, 3.63) is 59.4 Å². The smallest absolute Gasteiger partial charge is 0.253 e. The molecule has 2 fully saturated rings. The number of hydrogen-bond acceptors (Lipinski definition) is 6. The summed E-state index contributed by atoms with van der Waals surface area (Å²) in [6.07, 6.45) is 5.30. The highest BCUT2D eigenvalue weighted by atomic mass is 32.1. The topological polar surface area (TPSA) is 85.4 Å². The van der Waals surface area contributed by atoms with Crippen LogP contribution in [0.2, 0.25) is 0 Å². The van der Waals surface area contributed by atoms with Crippen LogP contribution in [0.25, 0.3) is 11.4 Å². The summed E-state index contributed by atoms with van der Waals surface area (Å²) in [6.45, 7) is 3.95. The van der Waals surface area contributed by atoms with Crippen LogP contribution < -0.4 is 0 Å². The number of nitrogens with one attached hydrogen (secondary N) is 1. The van der Waals surface area contributed by atoms with Gasteiger partial charge in [0.2, 0.25) is 0 Å². The summed E-state index contributed by atoms with van der Waals surface area (Å²) in [6, 6.07) is 9.62. The number of benzene rings is 1. The monoisotopic (exact) mass is 409 g/mol. The summed E-state index contributed by atoms with van der Waals surface area (Å²) in [5, 5.41) is 10.2. The van der Waals surface area contributed by atoms with Crippen molar-refractivity contribution in [3.8, 4) is 11.4 Å². The van der Waals surface area contributed by atoms with E-state index in [1.807, 2.05) is 41.4 Å². The van der Waals surface area contributed by atoms with E-state index in [1.165, 1.54) is 16.4 Å². The Morgan fingerprint density at radius 3 is 2.93 bits per heavy atom. The van der Waals surface area contributed by atoms with Crippen LogP contribution in [0.4, 0.5) is 0 Å². The molecular formula is C21H23N5O2S. The fourth-order valence-corrected chi connectivity index (χ4v) is 5.36. The lowest BCUT2D eigenvalue weighted by atomic mass is 9.82. The Hall–Kier alpha value is -2.55. The molecule has 7 nitrogen and oxygen atoms in total.